The second kappa shape index (κ2) is 9.17. The SMILES string of the molecule is CCN(C(=O)C1CCN(C(=O)C=Cc2ccccc2)CC1)c1ccccc1. The molecule has 0 atom stereocenters. The summed E-state index contributed by atoms with van der Waals surface area (Å²) in [6.07, 6.45) is 4.90. The van der Waals surface area contributed by atoms with Crippen LogP contribution >= 0.6 is 0 Å². The Morgan fingerprint density at radius 1 is 1.00 bits per heavy atom. The van der Waals surface area contributed by atoms with Crippen LogP contribution in [0, 0.1) is 5.92 Å². The topological polar surface area (TPSA) is 40.6 Å². The molecule has 1 heterocycles. The number of rotatable bonds is 5. The van der Waals surface area contributed by atoms with Gasteiger partial charge in [-0.05, 0) is 43.5 Å². The van der Waals surface area contributed by atoms with E-state index in [0.29, 0.717) is 32.5 Å². The van der Waals surface area contributed by atoms with Gasteiger partial charge >= 0.3 is 0 Å². The summed E-state index contributed by atoms with van der Waals surface area (Å²) in [5.74, 6) is 0.156. The Bertz CT molecular complexity index is 779. The van der Waals surface area contributed by atoms with Crippen LogP contribution in [-0.2, 0) is 9.59 Å². The van der Waals surface area contributed by atoms with E-state index in [-0.39, 0.29) is 17.7 Å². The minimum atomic E-state index is -0.0210. The van der Waals surface area contributed by atoms with Crippen LogP contribution in [0.15, 0.2) is 66.7 Å². The quantitative estimate of drug-likeness (QED) is 0.755. The van der Waals surface area contributed by atoms with E-state index in [2.05, 4.69) is 0 Å². The fourth-order valence-corrected chi connectivity index (χ4v) is 3.48. The Morgan fingerprint density at radius 3 is 2.19 bits per heavy atom. The Kier molecular flexibility index (Phi) is 6.42. The van der Waals surface area contributed by atoms with Crippen molar-refractivity contribution in [3.05, 3.63) is 72.3 Å². The van der Waals surface area contributed by atoms with Crippen molar-refractivity contribution in [1.29, 1.82) is 0 Å². The van der Waals surface area contributed by atoms with Crippen LogP contribution < -0.4 is 4.90 Å². The minimum Gasteiger partial charge on any atom is -0.339 e. The Morgan fingerprint density at radius 2 is 1.59 bits per heavy atom. The Labute approximate surface area is 161 Å². The standard InChI is InChI=1S/C23H26N2O2/c1-2-25(21-11-7-4-8-12-21)23(27)20-15-17-24(18-16-20)22(26)14-13-19-9-5-3-6-10-19/h3-14,20H,2,15-18H2,1H3. The first kappa shape index (κ1) is 18.9. The van der Waals surface area contributed by atoms with E-state index in [1.807, 2.05) is 83.5 Å². The number of nitrogens with zero attached hydrogens (tertiary/aromatic N) is 2. The summed E-state index contributed by atoms with van der Waals surface area (Å²) < 4.78 is 0. The van der Waals surface area contributed by atoms with Crippen molar-refractivity contribution in [2.75, 3.05) is 24.5 Å². The zero-order chi connectivity index (χ0) is 19.1. The molecule has 0 aromatic heterocycles. The number of hydrogen-bond donors (Lipinski definition) is 0. The summed E-state index contributed by atoms with van der Waals surface area (Å²) in [4.78, 5) is 29.0. The first-order valence-corrected chi connectivity index (χ1v) is 9.57. The highest BCUT2D eigenvalue weighted by atomic mass is 16.2. The molecule has 0 radical (unpaired) electrons. The number of piperidine rings is 1. The molecule has 27 heavy (non-hydrogen) atoms. The lowest BCUT2D eigenvalue weighted by molar-refractivity contribution is -0.130. The molecule has 0 N–H and O–H groups in total. The first-order valence-electron chi connectivity index (χ1n) is 9.57. The number of anilines is 1. The van der Waals surface area contributed by atoms with Crippen LogP contribution in [-0.4, -0.2) is 36.3 Å². The number of likely N-dealkylation sites (tertiary alicyclic amines) is 1. The molecule has 3 rings (SSSR count). The van der Waals surface area contributed by atoms with Gasteiger partial charge in [-0.1, -0.05) is 48.5 Å². The van der Waals surface area contributed by atoms with Crippen LogP contribution in [0.4, 0.5) is 5.69 Å². The van der Waals surface area contributed by atoms with Crippen molar-refractivity contribution in [3.63, 3.8) is 0 Å². The van der Waals surface area contributed by atoms with Gasteiger partial charge in [-0.25, -0.2) is 0 Å². The Hall–Kier alpha value is -2.88. The molecule has 0 aliphatic carbocycles. The van der Waals surface area contributed by atoms with Gasteiger partial charge in [0.25, 0.3) is 0 Å². The molecule has 0 saturated carbocycles. The van der Waals surface area contributed by atoms with Crippen molar-refractivity contribution in [2.45, 2.75) is 19.8 Å². The van der Waals surface area contributed by atoms with E-state index >= 15 is 0 Å². The fourth-order valence-electron chi connectivity index (χ4n) is 3.48. The molecule has 2 amide bonds. The van der Waals surface area contributed by atoms with Gasteiger partial charge in [0, 0.05) is 37.3 Å². The smallest absolute Gasteiger partial charge is 0.246 e. The predicted octanol–water partition coefficient (Wildman–Crippen LogP) is 3.99. The second-order valence-corrected chi connectivity index (χ2v) is 6.76. The van der Waals surface area contributed by atoms with E-state index in [4.69, 9.17) is 0 Å². The third kappa shape index (κ3) is 4.85. The molecule has 2 aromatic carbocycles. The average molecular weight is 362 g/mol. The molecule has 1 aliphatic rings. The van der Waals surface area contributed by atoms with E-state index in [1.165, 1.54) is 0 Å². The van der Waals surface area contributed by atoms with Crippen molar-refractivity contribution in [1.82, 2.24) is 4.90 Å². The number of benzene rings is 2. The van der Waals surface area contributed by atoms with Gasteiger partial charge in [-0.15, -0.1) is 0 Å². The molecule has 4 heteroatoms. The lowest BCUT2D eigenvalue weighted by Crippen LogP contribution is -2.44. The summed E-state index contributed by atoms with van der Waals surface area (Å²) >= 11 is 0. The number of para-hydroxylation sites is 1. The maximum absolute atomic E-state index is 12.9. The molecule has 0 unspecified atom stereocenters. The number of carbonyl (C=O) groups excluding carboxylic acids is 2. The molecule has 4 nitrogen and oxygen atoms in total. The van der Waals surface area contributed by atoms with Crippen LogP contribution in [0.1, 0.15) is 25.3 Å². The van der Waals surface area contributed by atoms with Gasteiger partial charge in [0.1, 0.15) is 0 Å². The van der Waals surface area contributed by atoms with E-state index in [1.54, 1.807) is 6.08 Å². The van der Waals surface area contributed by atoms with Gasteiger partial charge in [0.05, 0.1) is 0 Å². The number of carbonyl (C=O) groups is 2. The van der Waals surface area contributed by atoms with E-state index in [9.17, 15) is 9.59 Å². The summed E-state index contributed by atoms with van der Waals surface area (Å²) in [5.41, 5.74) is 1.95. The number of hydrogen-bond acceptors (Lipinski definition) is 2. The van der Waals surface area contributed by atoms with E-state index < -0.39 is 0 Å². The maximum Gasteiger partial charge on any atom is 0.246 e. The molecular formula is C23H26N2O2. The van der Waals surface area contributed by atoms with Gasteiger partial charge in [-0.2, -0.15) is 0 Å². The molecular weight excluding hydrogens is 336 g/mol. The highest BCUT2D eigenvalue weighted by Crippen LogP contribution is 2.23. The average Bonchev–Trinajstić information content (AvgIpc) is 2.74. The van der Waals surface area contributed by atoms with E-state index in [0.717, 1.165) is 11.3 Å². The van der Waals surface area contributed by atoms with Crippen molar-refractivity contribution >= 4 is 23.6 Å². The third-order valence-electron chi connectivity index (χ3n) is 5.02. The second-order valence-electron chi connectivity index (χ2n) is 6.76. The van der Waals surface area contributed by atoms with Gasteiger partial charge in [0.2, 0.25) is 11.8 Å². The largest absolute Gasteiger partial charge is 0.339 e. The molecule has 1 fully saturated rings. The third-order valence-corrected chi connectivity index (χ3v) is 5.02. The van der Waals surface area contributed by atoms with Crippen molar-refractivity contribution in [2.24, 2.45) is 5.92 Å². The summed E-state index contributed by atoms with van der Waals surface area (Å²) in [7, 11) is 0. The normalized spacial score (nSPS) is 15.1. The summed E-state index contributed by atoms with van der Waals surface area (Å²) in [6, 6.07) is 19.6. The fraction of sp³-hybridized carbons (Fsp3) is 0.304. The van der Waals surface area contributed by atoms with Crippen molar-refractivity contribution < 1.29 is 9.59 Å². The van der Waals surface area contributed by atoms with Crippen LogP contribution in [0.5, 0.6) is 0 Å². The lowest BCUT2D eigenvalue weighted by Gasteiger charge is -2.33. The lowest BCUT2D eigenvalue weighted by atomic mass is 9.95. The monoisotopic (exact) mass is 362 g/mol. The number of amides is 2. The highest BCUT2D eigenvalue weighted by Gasteiger charge is 2.29. The minimum absolute atomic E-state index is 0.0140. The Balaban J connectivity index is 1.55. The van der Waals surface area contributed by atoms with Crippen LogP contribution in [0.2, 0.25) is 0 Å². The first-order chi connectivity index (χ1) is 13.2. The van der Waals surface area contributed by atoms with Crippen molar-refractivity contribution in [3.8, 4) is 0 Å². The molecule has 0 spiro atoms. The molecule has 1 aliphatic heterocycles. The zero-order valence-corrected chi connectivity index (χ0v) is 15.8. The van der Waals surface area contributed by atoms with Crippen LogP contribution in [0.3, 0.4) is 0 Å². The predicted molar refractivity (Wildman–Crippen MR) is 109 cm³/mol. The summed E-state index contributed by atoms with van der Waals surface area (Å²) in [6.45, 7) is 3.90. The van der Waals surface area contributed by atoms with Gasteiger partial charge in [0.15, 0.2) is 0 Å². The molecule has 2 aromatic rings. The molecule has 0 bridgehead atoms. The van der Waals surface area contributed by atoms with Crippen LogP contribution in [0.25, 0.3) is 6.08 Å². The molecule has 140 valence electrons. The summed E-state index contributed by atoms with van der Waals surface area (Å²) in [5, 5.41) is 0. The van der Waals surface area contributed by atoms with Gasteiger partial charge in [-0.3, -0.25) is 9.59 Å². The highest BCUT2D eigenvalue weighted by molar-refractivity contribution is 5.95. The molecule has 1 saturated heterocycles. The zero-order valence-electron chi connectivity index (χ0n) is 15.8. The van der Waals surface area contributed by atoms with Gasteiger partial charge < -0.3 is 9.80 Å². The maximum atomic E-state index is 12.9.